The first-order valence-corrected chi connectivity index (χ1v) is 7.66. The van der Waals surface area contributed by atoms with Crippen molar-refractivity contribution in [3.8, 4) is 0 Å². The van der Waals surface area contributed by atoms with E-state index in [2.05, 4.69) is 26.2 Å². The fraction of sp³-hybridized carbons (Fsp3) is 0.214. The van der Waals surface area contributed by atoms with E-state index in [9.17, 15) is 9.59 Å². The number of nitrogens with one attached hydrogen (secondary N) is 1. The Balaban J connectivity index is 2.34. The van der Waals surface area contributed by atoms with E-state index >= 15 is 0 Å². The Labute approximate surface area is 134 Å². The van der Waals surface area contributed by atoms with Crippen LogP contribution in [0.4, 0.5) is 5.00 Å². The minimum atomic E-state index is -0.456. The molecule has 0 saturated heterocycles. The zero-order valence-corrected chi connectivity index (χ0v) is 14.1. The van der Waals surface area contributed by atoms with E-state index in [1.54, 1.807) is 12.1 Å². The second-order valence-corrected chi connectivity index (χ2v) is 6.34. The second kappa shape index (κ2) is 6.36. The van der Waals surface area contributed by atoms with Gasteiger partial charge in [-0.05, 0) is 47.5 Å². The Morgan fingerprint density at radius 1 is 1.38 bits per heavy atom. The van der Waals surface area contributed by atoms with Gasteiger partial charge in [0.15, 0.2) is 0 Å². The average Bonchev–Trinajstić information content (AvgIpc) is 2.73. The minimum Gasteiger partial charge on any atom is -0.465 e. The summed E-state index contributed by atoms with van der Waals surface area (Å²) >= 11 is 4.57. The predicted molar refractivity (Wildman–Crippen MR) is 85.0 cm³/mol. The first-order valence-electron chi connectivity index (χ1n) is 6.05. The fourth-order valence-electron chi connectivity index (χ4n) is 1.78. The van der Waals surface area contributed by atoms with Crippen molar-refractivity contribution in [1.29, 1.82) is 0 Å². The summed E-state index contributed by atoms with van der Waals surface area (Å²) in [6, 6.07) is 3.21. The summed E-state index contributed by atoms with van der Waals surface area (Å²) in [7, 11) is 1.32. The van der Waals surface area contributed by atoms with Gasteiger partial charge in [0, 0.05) is 16.6 Å². The lowest BCUT2D eigenvalue weighted by Gasteiger charge is -2.06. The molecule has 5 nitrogen and oxygen atoms in total. The predicted octanol–water partition coefficient (Wildman–Crippen LogP) is 3.56. The average molecular weight is 369 g/mol. The third-order valence-electron chi connectivity index (χ3n) is 2.99. The molecule has 1 amide bonds. The molecule has 0 fully saturated rings. The summed E-state index contributed by atoms with van der Waals surface area (Å²) in [6.07, 6.45) is 1.53. The van der Waals surface area contributed by atoms with Crippen molar-refractivity contribution in [2.75, 3.05) is 12.4 Å². The monoisotopic (exact) mass is 368 g/mol. The molecule has 2 heterocycles. The molecule has 2 rings (SSSR count). The molecule has 0 spiro atoms. The van der Waals surface area contributed by atoms with Crippen LogP contribution in [0.25, 0.3) is 0 Å². The number of esters is 1. The summed E-state index contributed by atoms with van der Waals surface area (Å²) in [5, 5.41) is 3.26. The summed E-state index contributed by atoms with van der Waals surface area (Å²) < 4.78 is 5.35. The molecule has 0 unspecified atom stereocenters. The zero-order chi connectivity index (χ0) is 15.6. The first kappa shape index (κ1) is 15.7. The standard InChI is InChI=1S/C14H13BrN2O3S/c1-7-8(2)21-13(11(7)14(19)20-3)17-12(18)9-4-5-16-10(15)6-9/h4-6H,1-3H3,(H,17,18). The lowest BCUT2D eigenvalue weighted by atomic mass is 10.1. The maximum absolute atomic E-state index is 12.2. The highest BCUT2D eigenvalue weighted by Crippen LogP contribution is 2.33. The number of aryl methyl sites for hydroxylation is 1. The van der Waals surface area contributed by atoms with Crippen molar-refractivity contribution in [2.24, 2.45) is 0 Å². The SMILES string of the molecule is COC(=O)c1c(NC(=O)c2ccnc(Br)c2)sc(C)c1C. The van der Waals surface area contributed by atoms with Crippen LogP contribution in [0.5, 0.6) is 0 Å². The van der Waals surface area contributed by atoms with Crippen molar-refractivity contribution in [3.05, 3.63) is 44.5 Å². The molecule has 0 aromatic carbocycles. The number of ether oxygens (including phenoxy) is 1. The number of hydrogen-bond acceptors (Lipinski definition) is 5. The Hall–Kier alpha value is -1.73. The van der Waals surface area contributed by atoms with Crippen molar-refractivity contribution in [2.45, 2.75) is 13.8 Å². The molecule has 0 aliphatic rings. The van der Waals surface area contributed by atoms with E-state index in [4.69, 9.17) is 4.74 Å². The Bertz CT molecular complexity index is 712. The van der Waals surface area contributed by atoms with Crippen LogP contribution in [-0.2, 0) is 4.74 Å². The number of anilines is 1. The zero-order valence-electron chi connectivity index (χ0n) is 11.7. The molecule has 21 heavy (non-hydrogen) atoms. The molecule has 2 aromatic heterocycles. The third kappa shape index (κ3) is 3.30. The molecule has 0 saturated carbocycles. The minimum absolute atomic E-state index is 0.301. The van der Waals surface area contributed by atoms with Gasteiger partial charge in [0.25, 0.3) is 5.91 Å². The van der Waals surface area contributed by atoms with E-state index < -0.39 is 5.97 Å². The maximum Gasteiger partial charge on any atom is 0.341 e. The Morgan fingerprint density at radius 3 is 2.71 bits per heavy atom. The number of amides is 1. The highest BCUT2D eigenvalue weighted by molar-refractivity contribution is 9.10. The summed E-state index contributed by atoms with van der Waals surface area (Å²) in [5.41, 5.74) is 1.68. The molecule has 0 radical (unpaired) electrons. The van der Waals surface area contributed by atoms with E-state index in [1.807, 2.05) is 13.8 Å². The summed E-state index contributed by atoms with van der Waals surface area (Å²) in [4.78, 5) is 29.0. The molecule has 0 aliphatic carbocycles. The van der Waals surface area contributed by atoms with Crippen molar-refractivity contribution >= 4 is 44.1 Å². The number of halogens is 1. The van der Waals surface area contributed by atoms with Crippen LogP contribution >= 0.6 is 27.3 Å². The number of aromatic nitrogens is 1. The van der Waals surface area contributed by atoms with Gasteiger partial charge < -0.3 is 10.1 Å². The van der Waals surface area contributed by atoms with Crippen LogP contribution in [0.2, 0.25) is 0 Å². The van der Waals surface area contributed by atoms with Crippen LogP contribution in [0.15, 0.2) is 22.9 Å². The van der Waals surface area contributed by atoms with Crippen LogP contribution in [0.3, 0.4) is 0 Å². The van der Waals surface area contributed by atoms with Gasteiger partial charge in [-0.15, -0.1) is 11.3 Å². The van der Waals surface area contributed by atoms with Gasteiger partial charge in [-0.3, -0.25) is 4.79 Å². The van der Waals surface area contributed by atoms with Crippen LogP contribution < -0.4 is 5.32 Å². The first-order chi connectivity index (χ1) is 9.93. The number of nitrogens with zero attached hydrogens (tertiary/aromatic N) is 1. The van der Waals surface area contributed by atoms with Gasteiger partial charge >= 0.3 is 5.97 Å². The fourth-order valence-corrected chi connectivity index (χ4v) is 3.19. The van der Waals surface area contributed by atoms with Crippen molar-refractivity contribution in [3.63, 3.8) is 0 Å². The number of thiophene rings is 1. The summed E-state index contributed by atoms with van der Waals surface area (Å²) in [5.74, 6) is -0.757. The van der Waals surface area contributed by atoms with Gasteiger partial charge in [-0.1, -0.05) is 0 Å². The van der Waals surface area contributed by atoms with E-state index in [-0.39, 0.29) is 5.91 Å². The Morgan fingerprint density at radius 2 is 2.10 bits per heavy atom. The molecule has 0 bridgehead atoms. The molecule has 110 valence electrons. The molecular formula is C14H13BrN2O3S. The summed E-state index contributed by atoms with van der Waals surface area (Å²) in [6.45, 7) is 3.72. The number of carbonyl (C=O) groups excluding carboxylic acids is 2. The molecular weight excluding hydrogens is 356 g/mol. The Kier molecular flexibility index (Phi) is 4.74. The van der Waals surface area contributed by atoms with Gasteiger partial charge in [0.2, 0.25) is 0 Å². The lowest BCUT2D eigenvalue weighted by molar-refractivity contribution is 0.0601. The number of rotatable bonds is 3. The van der Waals surface area contributed by atoms with E-state index in [0.717, 1.165) is 10.4 Å². The molecule has 0 atom stereocenters. The largest absolute Gasteiger partial charge is 0.465 e. The van der Waals surface area contributed by atoms with E-state index in [0.29, 0.717) is 20.7 Å². The lowest BCUT2D eigenvalue weighted by Crippen LogP contribution is -2.14. The quantitative estimate of drug-likeness (QED) is 0.664. The normalized spacial score (nSPS) is 10.3. The van der Waals surface area contributed by atoms with Crippen LogP contribution in [0, 0.1) is 13.8 Å². The second-order valence-electron chi connectivity index (χ2n) is 4.30. The van der Waals surface area contributed by atoms with Gasteiger partial charge in [-0.2, -0.15) is 0 Å². The third-order valence-corrected chi connectivity index (χ3v) is 4.55. The highest BCUT2D eigenvalue weighted by Gasteiger charge is 2.22. The van der Waals surface area contributed by atoms with E-state index in [1.165, 1.54) is 24.6 Å². The maximum atomic E-state index is 12.2. The molecule has 2 aromatic rings. The number of pyridine rings is 1. The van der Waals surface area contributed by atoms with Gasteiger partial charge in [-0.25, -0.2) is 9.78 Å². The number of methoxy groups -OCH3 is 1. The van der Waals surface area contributed by atoms with Gasteiger partial charge in [0.05, 0.1) is 12.7 Å². The molecule has 7 heteroatoms. The van der Waals surface area contributed by atoms with Gasteiger partial charge in [0.1, 0.15) is 9.60 Å². The smallest absolute Gasteiger partial charge is 0.341 e. The molecule has 1 N–H and O–H groups in total. The van der Waals surface area contributed by atoms with Crippen LogP contribution in [0.1, 0.15) is 31.2 Å². The molecule has 0 aliphatic heterocycles. The number of hydrogen-bond donors (Lipinski definition) is 1. The highest BCUT2D eigenvalue weighted by atomic mass is 79.9. The van der Waals surface area contributed by atoms with Crippen molar-refractivity contribution < 1.29 is 14.3 Å². The van der Waals surface area contributed by atoms with Crippen LogP contribution in [-0.4, -0.2) is 24.0 Å². The number of carbonyl (C=O) groups is 2. The topological polar surface area (TPSA) is 68.3 Å². The van der Waals surface area contributed by atoms with Crippen molar-refractivity contribution in [1.82, 2.24) is 4.98 Å².